The van der Waals surface area contributed by atoms with E-state index in [1.54, 1.807) is 4.68 Å². The number of amides is 1. The zero-order valence-electron chi connectivity index (χ0n) is 15.0. The lowest BCUT2D eigenvalue weighted by Crippen LogP contribution is -2.64. The van der Waals surface area contributed by atoms with Gasteiger partial charge in [-0.25, -0.2) is 8.78 Å². The molecule has 1 saturated heterocycles. The summed E-state index contributed by atoms with van der Waals surface area (Å²) in [4.78, 5) is 13.2. The highest BCUT2D eigenvalue weighted by atomic mass is 19.1. The number of benzene rings is 1. The molecule has 1 aromatic carbocycles. The Balaban J connectivity index is 1.45. The Morgan fingerprint density at radius 3 is 2.59 bits per heavy atom. The summed E-state index contributed by atoms with van der Waals surface area (Å²) >= 11 is 0. The first-order valence-corrected chi connectivity index (χ1v) is 9.30. The van der Waals surface area contributed by atoms with Crippen molar-refractivity contribution >= 4 is 5.91 Å². The Labute approximate surface area is 155 Å². The molecule has 4 fully saturated rings. The fraction of sp³-hybridized carbons (Fsp3) is 0.500. The van der Waals surface area contributed by atoms with Crippen LogP contribution >= 0.6 is 0 Å². The lowest BCUT2D eigenvalue weighted by atomic mass is 9.58. The molecule has 1 aliphatic heterocycles. The predicted molar refractivity (Wildman–Crippen MR) is 92.7 cm³/mol. The van der Waals surface area contributed by atoms with Crippen molar-refractivity contribution in [2.24, 2.45) is 18.9 Å². The third-order valence-electron chi connectivity index (χ3n) is 6.66. The number of fused-ring (bicyclic) bond motifs is 1. The Morgan fingerprint density at radius 1 is 1.30 bits per heavy atom. The Hall–Kier alpha value is -2.28. The molecule has 5 nitrogen and oxygen atoms in total. The average molecular weight is 373 g/mol. The summed E-state index contributed by atoms with van der Waals surface area (Å²) in [6.45, 7) is 0.148. The van der Waals surface area contributed by atoms with Crippen molar-refractivity contribution in [3.63, 3.8) is 0 Å². The topological polar surface area (TPSA) is 56.2 Å². The molecule has 3 unspecified atom stereocenters. The van der Waals surface area contributed by atoms with Crippen molar-refractivity contribution < 1.29 is 18.3 Å². The fourth-order valence-electron chi connectivity index (χ4n) is 5.36. The fourth-order valence-corrected chi connectivity index (χ4v) is 5.36. The van der Waals surface area contributed by atoms with Gasteiger partial charge < -0.3 is 10.1 Å². The van der Waals surface area contributed by atoms with E-state index in [1.807, 2.05) is 19.3 Å². The summed E-state index contributed by atoms with van der Waals surface area (Å²) in [5.74, 6) is -1.38. The van der Waals surface area contributed by atoms with Gasteiger partial charge in [0.05, 0.1) is 30.4 Å². The van der Waals surface area contributed by atoms with Crippen molar-refractivity contribution in [3.8, 4) is 0 Å². The van der Waals surface area contributed by atoms with E-state index in [1.165, 1.54) is 18.2 Å². The average Bonchev–Trinajstić information content (AvgIpc) is 3.26. The quantitative estimate of drug-likeness (QED) is 0.896. The van der Waals surface area contributed by atoms with Gasteiger partial charge in [0.25, 0.3) is 0 Å². The number of nitrogens with one attached hydrogen (secondary N) is 1. The van der Waals surface area contributed by atoms with Gasteiger partial charge in [0.1, 0.15) is 17.2 Å². The van der Waals surface area contributed by atoms with Crippen LogP contribution in [0.5, 0.6) is 0 Å². The summed E-state index contributed by atoms with van der Waals surface area (Å²) in [7, 11) is 1.86. The highest BCUT2D eigenvalue weighted by molar-refractivity contribution is 5.84. The minimum absolute atomic E-state index is 0.0740. The summed E-state index contributed by atoms with van der Waals surface area (Å²) in [6, 6.07) is 5.73. The van der Waals surface area contributed by atoms with Gasteiger partial charge in [0, 0.05) is 18.7 Å². The van der Waals surface area contributed by atoms with Crippen LogP contribution in [0, 0.1) is 23.5 Å². The molecule has 2 bridgehead atoms. The van der Waals surface area contributed by atoms with Crippen molar-refractivity contribution in [3.05, 3.63) is 53.4 Å². The lowest BCUT2D eigenvalue weighted by molar-refractivity contribution is -0.145. The number of nitrogens with zero attached hydrogens (tertiary/aromatic N) is 2. The van der Waals surface area contributed by atoms with E-state index in [-0.39, 0.29) is 36.0 Å². The number of ether oxygens (including phenoxy) is 1. The highest BCUT2D eigenvalue weighted by Gasteiger charge is 2.64. The van der Waals surface area contributed by atoms with Crippen LogP contribution in [-0.4, -0.2) is 28.9 Å². The van der Waals surface area contributed by atoms with Crippen LogP contribution in [0.15, 0.2) is 30.5 Å². The van der Waals surface area contributed by atoms with E-state index in [4.69, 9.17) is 4.74 Å². The largest absolute Gasteiger partial charge is 0.376 e. The number of carbonyl (C=O) groups is 1. The molecule has 0 radical (unpaired) electrons. The standard InChI is InChI=1S/C20H21F2N3O2/c1-25-8-6-15(24-25)19-7-5-12(9-19)16(19)18(26)23-20(10-27-11-20)17-13(21)3-2-4-14(17)22/h2-4,6,8,12,16H,5,7,9-11H2,1H3,(H,23,26). The summed E-state index contributed by atoms with van der Waals surface area (Å²) < 4.78 is 35.7. The van der Waals surface area contributed by atoms with Crippen LogP contribution in [0.25, 0.3) is 0 Å². The molecule has 2 heterocycles. The maximum atomic E-state index is 14.4. The van der Waals surface area contributed by atoms with E-state index in [2.05, 4.69) is 10.4 Å². The minimum Gasteiger partial charge on any atom is -0.376 e. The smallest absolute Gasteiger partial charge is 0.225 e. The molecule has 3 aliphatic carbocycles. The van der Waals surface area contributed by atoms with Gasteiger partial charge in [-0.2, -0.15) is 5.10 Å². The monoisotopic (exact) mass is 373 g/mol. The zero-order chi connectivity index (χ0) is 18.8. The number of halogens is 2. The molecule has 6 rings (SSSR count). The van der Waals surface area contributed by atoms with E-state index >= 15 is 0 Å². The Kier molecular flexibility index (Phi) is 3.50. The Morgan fingerprint density at radius 2 is 2.04 bits per heavy atom. The summed E-state index contributed by atoms with van der Waals surface area (Å²) in [5, 5.41) is 7.50. The molecule has 27 heavy (non-hydrogen) atoms. The van der Waals surface area contributed by atoms with Gasteiger partial charge in [-0.3, -0.25) is 9.48 Å². The van der Waals surface area contributed by atoms with Crippen molar-refractivity contribution in [2.45, 2.75) is 30.2 Å². The van der Waals surface area contributed by atoms with Crippen molar-refractivity contribution in [2.75, 3.05) is 13.2 Å². The molecule has 3 saturated carbocycles. The SMILES string of the molecule is Cn1ccc(C23CCC(C2)C3C(=O)NC2(c3c(F)cccc3F)COC2)n1. The first-order valence-electron chi connectivity index (χ1n) is 9.30. The van der Waals surface area contributed by atoms with Crippen LogP contribution in [0.3, 0.4) is 0 Å². The number of hydrogen-bond acceptors (Lipinski definition) is 3. The van der Waals surface area contributed by atoms with Crippen molar-refractivity contribution in [1.29, 1.82) is 0 Å². The normalized spacial score (nSPS) is 30.5. The second-order valence-electron chi connectivity index (χ2n) is 8.17. The minimum atomic E-state index is -1.13. The lowest BCUT2D eigenvalue weighted by Gasteiger charge is -2.49. The third-order valence-corrected chi connectivity index (χ3v) is 6.66. The molecule has 2 aromatic rings. The molecule has 0 spiro atoms. The molecule has 1 aromatic heterocycles. The van der Waals surface area contributed by atoms with E-state index in [0.29, 0.717) is 5.92 Å². The zero-order valence-corrected chi connectivity index (χ0v) is 15.0. The molecule has 142 valence electrons. The number of aromatic nitrogens is 2. The van der Waals surface area contributed by atoms with E-state index in [9.17, 15) is 13.6 Å². The predicted octanol–water partition coefficient (Wildman–Crippen LogP) is 2.41. The molecule has 7 heteroatoms. The summed E-state index contributed by atoms with van der Waals surface area (Å²) in [6.07, 6.45) is 4.73. The molecule has 1 N–H and O–H groups in total. The summed E-state index contributed by atoms with van der Waals surface area (Å²) in [5.41, 5.74) is -0.555. The maximum absolute atomic E-state index is 14.4. The second-order valence-corrected chi connectivity index (χ2v) is 8.17. The second kappa shape index (κ2) is 5.61. The van der Waals surface area contributed by atoms with Gasteiger partial charge >= 0.3 is 0 Å². The first-order chi connectivity index (χ1) is 13.0. The molecular formula is C20H21F2N3O2. The number of carbonyl (C=O) groups excluding carboxylic acids is 1. The van der Waals surface area contributed by atoms with Crippen LogP contribution in [0.1, 0.15) is 30.5 Å². The van der Waals surface area contributed by atoms with Crippen LogP contribution < -0.4 is 5.32 Å². The molecule has 1 amide bonds. The Bertz CT molecular complexity index is 899. The van der Waals surface area contributed by atoms with E-state index < -0.39 is 17.2 Å². The van der Waals surface area contributed by atoms with Gasteiger partial charge in [0.2, 0.25) is 5.91 Å². The molecular weight excluding hydrogens is 352 g/mol. The first kappa shape index (κ1) is 16.9. The van der Waals surface area contributed by atoms with E-state index in [0.717, 1.165) is 25.0 Å². The number of aryl methyl sites for hydroxylation is 1. The number of hydrogen-bond donors (Lipinski definition) is 1. The maximum Gasteiger partial charge on any atom is 0.225 e. The van der Waals surface area contributed by atoms with Gasteiger partial charge in [-0.1, -0.05) is 6.07 Å². The van der Waals surface area contributed by atoms with Crippen LogP contribution in [0.4, 0.5) is 8.78 Å². The molecule has 3 atom stereocenters. The van der Waals surface area contributed by atoms with Gasteiger partial charge in [0.15, 0.2) is 0 Å². The van der Waals surface area contributed by atoms with Crippen LogP contribution in [-0.2, 0) is 27.5 Å². The third kappa shape index (κ3) is 2.24. The van der Waals surface area contributed by atoms with Crippen molar-refractivity contribution in [1.82, 2.24) is 15.1 Å². The van der Waals surface area contributed by atoms with Gasteiger partial charge in [-0.05, 0) is 43.4 Å². The molecule has 4 aliphatic rings. The number of rotatable bonds is 4. The highest BCUT2D eigenvalue weighted by Crippen LogP contribution is 2.63. The van der Waals surface area contributed by atoms with Crippen LogP contribution in [0.2, 0.25) is 0 Å². The van der Waals surface area contributed by atoms with Gasteiger partial charge in [-0.15, -0.1) is 0 Å².